The van der Waals surface area contributed by atoms with Crippen LogP contribution in [0.1, 0.15) is 10.4 Å². The van der Waals surface area contributed by atoms with Crippen LogP contribution in [0.2, 0.25) is 0 Å². The highest BCUT2D eigenvalue weighted by atomic mass is 79.9. The predicted molar refractivity (Wildman–Crippen MR) is 65.4 cm³/mol. The minimum Gasteiger partial charge on any atom is -0.336 e. The van der Waals surface area contributed by atoms with Crippen molar-refractivity contribution in [2.45, 2.75) is 0 Å². The van der Waals surface area contributed by atoms with Gasteiger partial charge in [-0.25, -0.2) is 0 Å². The Bertz CT molecular complexity index is 358. The average molecular weight is 289 g/mol. The van der Waals surface area contributed by atoms with Gasteiger partial charge in [0, 0.05) is 31.6 Å². The van der Waals surface area contributed by atoms with Gasteiger partial charge in [-0.2, -0.15) is 0 Å². The smallest absolute Gasteiger partial charge is 0.254 e. The van der Waals surface area contributed by atoms with Crippen LogP contribution >= 0.6 is 27.3 Å². The summed E-state index contributed by atoms with van der Waals surface area (Å²) < 4.78 is 1.01. The summed E-state index contributed by atoms with van der Waals surface area (Å²) in [6.45, 7) is 3.61. The minimum absolute atomic E-state index is 0.157. The molecular weight excluding hydrogens is 276 g/mol. The minimum atomic E-state index is 0.157. The zero-order valence-electron chi connectivity index (χ0n) is 8.57. The van der Waals surface area contributed by atoms with Gasteiger partial charge in [0.1, 0.15) is 0 Å². The molecule has 0 spiro atoms. The molecule has 0 bridgehead atoms. The number of thiophene rings is 1. The molecule has 0 N–H and O–H groups in total. The monoisotopic (exact) mass is 288 g/mol. The van der Waals surface area contributed by atoms with E-state index in [2.05, 4.69) is 27.9 Å². The van der Waals surface area contributed by atoms with Crippen LogP contribution in [0.15, 0.2) is 15.2 Å². The summed E-state index contributed by atoms with van der Waals surface area (Å²) in [7, 11) is 2.09. The lowest BCUT2D eigenvalue weighted by Gasteiger charge is -2.32. The average Bonchev–Trinajstić information content (AvgIpc) is 2.65. The second-order valence-electron chi connectivity index (χ2n) is 3.73. The van der Waals surface area contributed by atoms with Crippen LogP contribution in [0.3, 0.4) is 0 Å². The van der Waals surface area contributed by atoms with Gasteiger partial charge in [0.2, 0.25) is 0 Å². The van der Waals surface area contributed by atoms with E-state index in [-0.39, 0.29) is 5.91 Å². The first-order chi connectivity index (χ1) is 7.16. The van der Waals surface area contributed by atoms with Crippen LogP contribution in [-0.4, -0.2) is 48.9 Å². The zero-order valence-corrected chi connectivity index (χ0v) is 11.0. The number of rotatable bonds is 1. The maximum atomic E-state index is 12.0. The summed E-state index contributed by atoms with van der Waals surface area (Å²) in [4.78, 5) is 16.2. The summed E-state index contributed by atoms with van der Waals surface area (Å²) >= 11 is 4.93. The molecular formula is C10H13BrN2OS. The Morgan fingerprint density at radius 3 is 2.60 bits per heavy atom. The Balaban J connectivity index is 2.02. The van der Waals surface area contributed by atoms with Gasteiger partial charge in [0.15, 0.2) is 0 Å². The number of halogens is 1. The molecule has 0 aliphatic carbocycles. The normalized spacial score (nSPS) is 18.1. The van der Waals surface area contributed by atoms with Gasteiger partial charge in [-0.1, -0.05) is 0 Å². The second-order valence-corrected chi connectivity index (χ2v) is 6.03. The van der Waals surface area contributed by atoms with E-state index in [4.69, 9.17) is 0 Å². The first-order valence-electron chi connectivity index (χ1n) is 4.88. The molecule has 2 rings (SSSR count). The first-order valence-corrected chi connectivity index (χ1v) is 6.56. The second kappa shape index (κ2) is 4.63. The van der Waals surface area contributed by atoms with Crippen LogP contribution in [-0.2, 0) is 0 Å². The van der Waals surface area contributed by atoms with E-state index in [0.717, 1.165) is 35.5 Å². The topological polar surface area (TPSA) is 23.6 Å². The molecule has 0 unspecified atom stereocenters. The summed E-state index contributed by atoms with van der Waals surface area (Å²) in [5.41, 5.74) is 0.802. The van der Waals surface area contributed by atoms with E-state index in [1.807, 2.05) is 16.3 Å². The summed E-state index contributed by atoms with van der Waals surface area (Å²) in [6, 6.07) is 1.89. The van der Waals surface area contributed by atoms with E-state index in [0.29, 0.717) is 0 Å². The molecule has 82 valence electrons. The van der Waals surface area contributed by atoms with Gasteiger partial charge in [-0.05, 0) is 29.0 Å². The van der Waals surface area contributed by atoms with Crippen molar-refractivity contribution < 1.29 is 4.79 Å². The molecule has 1 fully saturated rings. The maximum Gasteiger partial charge on any atom is 0.254 e. The van der Waals surface area contributed by atoms with Crippen molar-refractivity contribution in [2.24, 2.45) is 0 Å². The molecule has 0 aromatic carbocycles. The number of nitrogens with zero attached hydrogens (tertiary/aromatic N) is 2. The molecule has 1 saturated heterocycles. The number of hydrogen-bond donors (Lipinski definition) is 0. The summed E-state index contributed by atoms with van der Waals surface area (Å²) in [5.74, 6) is 0.157. The summed E-state index contributed by atoms with van der Waals surface area (Å²) in [5, 5.41) is 1.91. The van der Waals surface area contributed by atoms with E-state index in [1.165, 1.54) is 0 Å². The first kappa shape index (κ1) is 11.1. The fourth-order valence-electron chi connectivity index (χ4n) is 1.61. The number of hydrogen-bond acceptors (Lipinski definition) is 3. The van der Waals surface area contributed by atoms with Crippen LogP contribution in [0.25, 0.3) is 0 Å². The molecule has 3 nitrogen and oxygen atoms in total. The molecule has 1 amide bonds. The van der Waals surface area contributed by atoms with Crippen molar-refractivity contribution in [1.29, 1.82) is 0 Å². The van der Waals surface area contributed by atoms with Crippen molar-refractivity contribution in [1.82, 2.24) is 9.80 Å². The van der Waals surface area contributed by atoms with Crippen LogP contribution in [0, 0.1) is 0 Å². The summed E-state index contributed by atoms with van der Waals surface area (Å²) in [6.07, 6.45) is 0. The van der Waals surface area contributed by atoms with Gasteiger partial charge in [-0.3, -0.25) is 4.79 Å². The number of carbonyl (C=O) groups excluding carboxylic acids is 1. The number of carbonyl (C=O) groups is 1. The zero-order chi connectivity index (χ0) is 10.8. The van der Waals surface area contributed by atoms with E-state index < -0.39 is 0 Å². The van der Waals surface area contributed by atoms with E-state index in [9.17, 15) is 4.79 Å². The van der Waals surface area contributed by atoms with E-state index >= 15 is 0 Å². The van der Waals surface area contributed by atoms with Crippen molar-refractivity contribution in [3.63, 3.8) is 0 Å². The molecule has 0 atom stereocenters. The Morgan fingerprint density at radius 2 is 2.07 bits per heavy atom. The third-order valence-electron chi connectivity index (χ3n) is 2.60. The molecule has 2 heterocycles. The highest BCUT2D eigenvalue weighted by Gasteiger charge is 2.20. The SMILES string of the molecule is CN1CCN(C(=O)c2csc(Br)c2)CC1. The van der Waals surface area contributed by atoms with Gasteiger partial charge in [0.05, 0.1) is 9.35 Å². The molecule has 1 aliphatic heterocycles. The molecule has 15 heavy (non-hydrogen) atoms. The van der Waals surface area contributed by atoms with Crippen molar-refractivity contribution in [2.75, 3.05) is 33.2 Å². The van der Waals surface area contributed by atoms with E-state index in [1.54, 1.807) is 11.3 Å². The van der Waals surface area contributed by atoms with Crippen molar-refractivity contribution >= 4 is 33.2 Å². The third kappa shape index (κ3) is 2.59. The fraction of sp³-hybridized carbons (Fsp3) is 0.500. The quantitative estimate of drug-likeness (QED) is 0.788. The predicted octanol–water partition coefficient (Wildman–Crippen LogP) is 1.90. The lowest BCUT2D eigenvalue weighted by Crippen LogP contribution is -2.47. The van der Waals surface area contributed by atoms with Crippen molar-refractivity contribution in [3.8, 4) is 0 Å². The van der Waals surface area contributed by atoms with Crippen molar-refractivity contribution in [3.05, 3.63) is 20.8 Å². The molecule has 1 aliphatic rings. The van der Waals surface area contributed by atoms with Gasteiger partial charge >= 0.3 is 0 Å². The lowest BCUT2D eigenvalue weighted by atomic mass is 10.2. The van der Waals surface area contributed by atoms with Crippen LogP contribution in [0.5, 0.6) is 0 Å². The number of likely N-dealkylation sites (N-methyl/N-ethyl adjacent to an activating group) is 1. The van der Waals surface area contributed by atoms with Gasteiger partial charge in [-0.15, -0.1) is 11.3 Å². The van der Waals surface area contributed by atoms with Gasteiger partial charge < -0.3 is 9.80 Å². The standard InChI is InChI=1S/C10H13BrN2OS/c1-12-2-4-13(5-3-12)10(14)8-6-9(11)15-7-8/h6-7H,2-5H2,1H3. The molecule has 1 aromatic heterocycles. The lowest BCUT2D eigenvalue weighted by molar-refractivity contribution is 0.0664. The molecule has 1 aromatic rings. The highest BCUT2D eigenvalue weighted by molar-refractivity contribution is 9.11. The van der Waals surface area contributed by atoms with Crippen LogP contribution in [0.4, 0.5) is 0 Å². The molecule has 0 saturated carbocycles. The Labute approximate surface area is 102 Å². The third-order valence-corrected chi connectivity index (χ3v) is 4.11. The Morgan fingerprint density at radius 1 is 1.40 bits per heavy atom. The van der Waals surface area contributed by atoms with Crippen LogP contribution < -0.4 is 0 Å². The maximum absolute atomic E-state index is 12.0. The number of amides is 1. The Hall–Kier alpha value is -0.390. The Kier molecular flexibility index (Phi) is 3.43. The highest BCUT2D eigenvalue weighted by Crippen LogP contribution is 2.22. The molecule has 0 radical (unpaired) electrons. The number of piperazine rings is 1. The fourth-order valence-corrected chi connectivity index (χ4v) is 2.74. The largest absolute Gasteiger partial charge is 0.336 e. The molecule has 5 heteroatoms. The van der Waals surface area contributed by atoms with Gasteiger partial charge in [0.25, 0.3) is 5.91 Å².